The highest BCUT2D eigenvalue weighted by Gasteiger charge is 2.44. The maximum Gasteiger partial charge on any atom is 0.331 e. The van der Waals surface area contributed by atoms with Crippen molar-refractivity contribution >= 4 is 5.97 Å². The largest absolute Gasteiger partial charge is 0.479 e. The molecule has 26 heavy (non-hydrogen) atoms. The van der Waals surface area contributed by atoms with Gasteiger partial charge in [0.15, 0.2) is 11.3 Å². The zero-order valence-corrected chi connectivity index (χ0v) is 14.6. The van der Waals surface area contributed by atoms with Crippen LogP contribution in [0.2, 0.25) is 0 Å². The minimum atomic E-state index is -1.03. The summed E-state index contributed by atoms with van der Waals surface area (Å²) in [7, 11) is 0. The van der Waals surface area contributed by atoms with Crippen LogP contribution in [0.5, 0.6) is 0 Å². The van der Waals surface area contributed by atoms with Crippen LogP contribution in [0.3, 0.4) is 0 Å². The molecular formula is C18H21N5O3. The number of nitrogens with zero attached hydrogens (tertiary/aromatic N) is 4. The Labute approximate surface area is 150 Å². The van der Waals surface area contributed by atoms with Crippen LogP contribution >= 0.6 is 0 Å². The van der Waals surface area contributed by atoms with Gasteiger partial charge in [-0.25, -0.2) is 9.78 Å². The van der Waals surface area contributed by atoms with Crippen molar-refractivity contribution in [3.8, 4) is 11.5 Å². The topological polar surface area (TPSA) is 100 Å². The molecule has 0 spiro atoms. The van der Waals surface area contributed by atoms with Gasteiger partial charge in [0.05, 0.1) is 18.3 Å². The Kier molecular flexibility index (Phi) is 4.12. The van der Waals surface area contributed by atoms with E-state index in [9.17, 15) is 9.90 Å². The summed E-state index contributed by atoms with van der Waals surface area (Å²) in [6.07, 6.45) is 5.99. The van der Waals surface area contributed by atoms with Gasteiger partial charge in [-0.2, -0.15) is 5.10 Å². The molecule has 1 saturated heterocycles. The molecule has 0 radical (unpaired) electrons. The molecular weight excluding hydrogens is 334 g/mol. The molecule has 4 heterocycles. The van der Waals surface area contributed by atoms with Gasteiger partial charge in [0.1, 0.15) is 5.69 Å². The lowest BCUT2D eigenvalue weighted by Gasteiger charge is -2.38. The molecule has 0 bridgehead atoms. The number of piperidine rings is 1. The first-order chi connectivity index (χ1) is 12.6. The summed E-state index contributed by atoms with van der Waals surface area (Å²) in [6, 6.07) is 5.40. The van der Waals surface area contributed by atoms with Gasteiger partial charge in [-0.15, -0.1) is 0 Å². The fraction of sp³-hybridized carbons (Fsp3) is 0.389. The van der Waals surface area contributed by atoms with Crippen LogP contribution in [-0.2, 0) is 16.9 Å². The minimum absolute atomic E-state index is 0.491. The van der Waals surface area contributed by atoms with Gasteiger partial charge in [-0.1, -0.05) is 0 Å². The molecule has 4 rings (SSSR count). The van der Waals surface area contributed by atoms with Crippen molar-refractivity contribution in [2.45, 2.75) is 31.8 Å². The average molecular weight is 355 g/mol. The number of carboxylic acid groups (broad SMARTS) is 1. The van der Waals surface area contributed by atoms with Crippen molar-refractivity contribution in [2.75, 3.05) is 13.1 Å². The maximum absolute atomic E-state index is 12.1. The van der Waals surface area contributed by atoms with E-state index in [1.807, 2.05) is 13.0 Å². The first-order valence-corrected chi connectivity index (χ1v) is 8.63. The summed E-state index contributed by atoms with van der Waals surface area (Å²) >= 11 is 0. The molecule has 136 valence electrons. The van der Waals surface area contributed by atoms with E-state index in [0.29, 0.717) is 37.4 Å². The highest BCUT2D eigenvalue weighted by atomic mass is 16.4. The molecule has 0 saturated carbocycles. The minimum Gasteiger partial charge on any atom is -0.479 e. The van der Waals surface area contributed by atoms with E-state index in [0.717, 1.165) is 17.9 Å². The number of hydrogen-bond donors (Lipinski definition) is 2. The van der Waals surface area contributed by atoms with Crippen molar-refractivity contribution in [1.29, 1.82) is 0 Å². The normalized spacial score (nSPS) is 17.4. The monoisotopic (exact) mass is 355 g/mol. The van der Waals surface area contributed by atoms with E-state index in [2.05, 4.69) is 20.0 Å². The predicted molar refractivity (Wildman–Crippen MR) is 93.4 cm³/mol. The van der Waals surface area contributed by atoms with E-state index in [-0.39, 0.29) is 0 Å². The molecule has 3 aromatic rings. The van der Waals surface area contributed by atoms with Gasteiger partial charge in [0.2, 0.25) is 0 Å². The summed E-state index contributed by atoms with van der Waals surface area (Å²) in [6.45, 7) is 4.07. The fourth-order valence-electron chi connectivity index (χ4n) is 3.50. The van der Waals surface area contributed by atoms with E-state index in [1.54, 1.807) is 35.6 Å². The van der Waals surface area contributed by atoms with Crippen LogP contribution in [-0.4, -0.2) is 48.8 Å². The number of aryl methyl sites for hydroxylation is 1. The second-order valence-electron chi connectivity index (χ2n) is 6.71. The fourth-order valence-corrected chi connectivity index (χ4v) is 3.50. The van der Waals surface area contributed by atoms with Gasteiger partial charge in [-0.3, -0.25) is 9.58 Å². The van der Waals surface area contributed by atoms with Crippen LogP contribution in [0.4, 0.5) is 0 Å². The van der Waals surface area contributed by atoms with Gasteiger partial charge in [-0.05, 0) is 38.0 Å². The summed E-state index contributed by atoms with van der Waals surface area (Å²) in [5.74, 6) is -0.210. The van der Waals surface area contributed by atoms with Crippen molar-refractivity contribution in [1.82, 2.24) is 24.6 Å². The number of rotatable bonds is 5. The Bertz CT molecular complexity index is 888. The third kappa shape index (κ3) is 2.82. The first-order valence-electron chi connectivity index (χ1n) is 8.63. The molecule has 2 N–H and O–H groups in total. The van der Waals surface area contributed by atoms with Crippen LogP contribution in [0.25, 0.3) is 11.5 Å². The average Bonchev–Trinajstić information content (AvgIpc) is 3.37. The highest BCUT2D eigenvalue weighted by Crippen LogP contribution is 2.32. The molecule has 0 aromatic carbocycles. The Hall–Kier alpha value is -2.87. The lowest BCUT2D eigenvalue weighted by Crippen LogP contribution is -2.51. The van der Waals surface area contributed by atoms with Crippen molar-refractivity contribution in [3.05, 3.63) is 48.4 Å². The van der Waals surface area contributed by atoms with Crippen LogP contribution < -0.4 is 0 Å². The number of likely N-dealkylation sites (tertiary alicyclic amines) is 1. The standard InChI is InChI=1S/C18H21N5O3/c1-13-15(20-12-19-13)11-22-8-5-18(6-9-22,17(24)25)23-7-4-14(21-23)16-3-2-10-26-16/h2-4,7,10,12H,5-6,8-9,11H2,1H3,(H,19,20)(H,24,25). The number of H-pyrrole nitrogens is 1. The third-order valence-electron chi connectivity index (χ3n) is 5.19. The molecule has 1 fully saturated rings. The summed E-state index contributed by atoms with van der Waals surface area (Å²) in [4.78, 5) is 21.8. The second-order valence-corrected chi connectivity index (χ2v) is 6.71. The molecule has 8 heteroatoms. The second kappa shape index (κ2) is 6.45. The summed E-state index contributed by atoms with van der Waals surface area (Å²) < 4.78 is 6.95. The zero-order chi connectivity index (χ0) is 18.1. The lowest BCUT2D eigenvalue weighted by atomic mass is 9.87. The highest BCUT2D eigenvalue weighted by molar-refractivity contribution is 5.77. The van der Waals surface area contributed by atoms with Crippen LogP contribution in [0.1, 0.15) is 24.2 Å². The number of carboxylic acids is 1. The van der Waals surface area contributed by atoms with Crippen molar-refractivity contribution in [3.63, 3.8) is 0 Å². The molecule has 1 aliphatic rings. The van der Waals surface area contributed by atoms with Gasteiger partial charge in [0, 0.05) is 31.5 Å². The molecule has 0 amide bonds. The van der Waals surface area contributed by atoms with Crippen molar-refractivity contribution in [2.24, 2.45) is 0 Å². The number of aromatic nitrogens is 4. The number of furan rings is 1. The Morgan fingerprint density at radius 2 is 2.19 bits per heavy atom. The lowest BCUT2D eigenvalue weighted by molar-refractivity contribution is -0.151. The molecule has 3 aromatic heterocycles. The van der Waals surface area contributed by atoms with E-state index >= 15 is 0 Å². The maximum atomic E-state index is 12.1. The van der Waals surface area contributed by atoms with E-state index in [4.69, 9.17) is 4.42 Å². The molecule has 1 aliphatic heterocycles. The molecule has 0 aliphatic carbocycles. The number of aromatic amines is 1. The van der Waals surface area contributed by atoms with Gasteiger partial charge in [0.25, 0.3) is 0 Å². The van der Waals surface area contributed by atoms with Crippen LogP contribution in [0, 0.1) is 6.92 Å². The van der Waals surface area contributed by atoms with Gasteiger partial charge >= 0.3 is 5.97 Å². The van der Waals surface area contributed by atoms with Crippen LogP contribution in [0.15, 0.2) is 41.4 Å². The molecule has 8 nitrogen and oxygen atoms in total. The zero-order valence-electron chi connectivity index (χ0n) is 14.6. The Morgan fingerprint density at radius 1 is 1.38 bits per heavy atom. The smallest absolute Gasteiger partial charge is 0.331 e. The number of aliphatic carboxylic acids is 1. The van der Waals surface area contributed by atoms with E-state index < -0.39 is 11.5 Å². The first kappa shape index (κ1) is 16.6. The Morgan fingerprint density at radius 3 is 2.81 bits per heavy atom. The number of hydrogen-bond acceptors (Lipinski definition) is 5. The van der Waals surface area contributed by atoms with Gasteiger partial charge < -0.3 is 14.5 Å². The number of carbonyl (C=O) groups is 1. The van der Waals surface area contributed by atoms with Crippen molar-refractivity contribution < 1.29 is 14.3 Å². The quantitative estimate of drug-likeness (QED) is 0.728. The molecule has 0 atom stereocenters. The molecule has 0 unspecified atom stereocenters. The summed E-state index contributed by atoms with van der Waals surface area (Å²) in [5.41, 5.74) is 1.68. The summed E-state index contributed by atoms with van der Waals surface area (Å²) in [5, 5.41) is 14.4. The van der Waals surface area contributed by atoms with E-state index in [1.165, 1.54) is 0 Å². The SMILES string of the molecule is Cc1[nH]cnc1CN1CCC(C(=O)O)(n2ccc(-c3ccco3)n2)CC1. The number of nitrogens with one attached hydrogen (secondary N) is 1. The predicted octanol–water partition coefficient (Wildman–Crippen LogP) is 2.25. The third-order valence-corrected chi connectivity index (χ3v) is 5.19. The number of imidazole rings is 1. The Balaban J connectivity index is 1.52.